The number of rotatable bonds is 4. The minimum atomic E-state index is -0.326. The number of aromatic nitrogens is 2. The van der Waals surface area contributed by atoms with E-state index in [2.05, 4.69) is 15.3 Å². The number of nitrogens with zero attached hydrogens (tertiary/aromatic N) is 4. The Morgan fingerprint density at radius 1 is 1.14 bits per heavy atom. The number of benzene rings is 2. The summed E-state index contributed by atoms with van der Waals surface area (Å²) in [6.07, 6.45) is 0.515. The van der Waals surface area contributed by atoms with Crippen LogP contribution in [0.3, 0.4) is 0 Å². The fourth-order valence-corrected chi connectivity index (χ4v) is 3.40. The summed E-state index contributed by atoms with van der Waals surface area (Å²) in [7, 11) is 1.49. The summed E-state index contributed by atoms with van der Waals surface area (Å²) >= 11 is 0. The van der Waals surface area contributed by atoms with Crippen molar-refractivity contribution in [2.45, 2.75) is 19.4 Å². The molecule has 1 saturated heterocycles. The second-order valence-electron chi connectivity index (χ2n) is 6.61. The predicted molar refractivity (Wildman–Crippen MR) is 104 cm³/mol. The molecule has 3 aromatic rings. The van der Waals surface area contributed by atoms with Crippen LogP contribution in [-0.2, 0) is 4.84 Å². The molecule has 0 radical (unpaired) electrons. The molecular weight excluding hydrogens is 356 g/mol. The van der Waals surface area contributed by atoms with Crippen molar-refractivity contribution in [1.82, 2.24) is 15.0 Å². The maximum Gasteiger partial charge on any atom is 0.254 e. The molecule has 1 aliphatic heterocycles. The summed E-state index contributed by atoms with van der Waals surface area (Å²) < 4.78 is 5.10. The fraction of sp³-hybridized carbons (Fsp3) is 0.238. The van der Waals surface area contributed by atoms with E-state index in [1.54, 1.807) is 11.8 Å². The topological polar surface area (TPSA) is 80.8 Å². The van der Waals surface area contributed by atoms with E-state index in [1.807, 2.05) is 54.6 Å². The number of likely N-dealkylation sites (tertiary alicyclic amines) is 1. The van der Waals surface area contributed by atoms with Crippen molar-refractivity contribution in [1.29, 1.82) is 0 Å². The van der Waals surface area contributed by atoms with Crippen LogP contribution in [0.5, 0.6) is 0 Å². The van der Waals surface area contributed by atoms with Gasteiger partial charge in [0.05, 0.1) is 12.3 Å². The molecule has 1 fully saturated rings. The first-order valence-electron chi connectivity index (χ1n) is 9.01. The number of amides is 1. The lowest BCUT2D eigenvalue weighted by molar-refractivity contribution is 0.0732. The zero-order valence-corrected chi connectivity index (χ0v) is 15.7. The van der Waals surface area contributed by atoms with Gasteiger partial charge in [0.25, 0.3) is 5.91 Å². The number of carbonyl (C=O) groups is 1. The third-order valence-corrected chi connectivity index (χ3v) is 4.72. The van der Waals surface area contributed by atoms with Gasteiger partial charge in [-0.3, -0.25) is 4.79 Å². The monoisotopic (exact) mass is 376 g/mol. The first-order valence-corrected chi connectivity index (χ1v) is 9.01. The van der Waals surface area contributed by atoms with E-state index in [1.165, 1.54) is 7.11 Å². The van der Waals surface area contributed by atoms with Crippen molar-refractivity contribution in [2.75, 3.05) is 13.7 Å². The van der Waals surface area contributed by atoms with E-state index in [4.69, 9.17) is 9.36 Å². The summed E-state index contributed by atoms with van der Waals surface area (Å²) in [4.78, 5) is 24.1. The van der Waals surface area contributed by atoms with Crippen LogP contribution in [0.25, 0.3) is 11.1 Å². The zero-order valence-electron chi connectivity index (χ0n) is 15.7. The van der Waals surface area contributed by atoms with Crippen LogP contribution < -0.4 is 0 Å². The molecule has 1 aromatic heterocycles. The van der Waals surface area contributed by atoms with Gasteiger partial charge in [0, 0.05) is 18.9 Å². The summed E-state index contributed by atoms with van der Waals surface area (Å²) in [6, 6.07) is 17.3. The van der Waals surface area contributed by atoms with Gasteiger partial charge in [0.2, 0.25) is 5.89 Å². The molecule has 142 valence electrons. The number of hydrogen-bond donors (Lipinski definition) is 0. The van der Waals surface area contributed by atoms with Gasteiger partial charge in [-0.15, -0.1) is 0 Å². The Labute approximate surface area is 162 Å². The van der Waals surface area contributed by atoms with Crippen LogP contribution in [-0.4, -0.2) is 40.3 Å². The summed E-state index contributed by atoms with van der Waals surface area (Å²) in [6.45, 7) is 2.09. The van der Waals surface area contributed by atoms with Gasteiger partial charge in [0.1, 0.15) is 13.2 Å². The highest BCUT2D eigenvalue weighted by molar-refractivity contribution is 6.00. The lowest BCUT2D eigenvalue weighted by Gasteiger charge is -2.21. The largest absolute Gasteiger partial charge is 0.399 e. The number of carbonyl (C=O) groups excluding carboxylic acids is 1. The van der Waals surface area contributed by atoms with E-state index >= 15 is 0 Å². The molecule has 0 saturated carbocycles. The summed E-state index contributed by atoms with van der Waals surface area (Å²) in [5.74, 6) is 0.841. The molecule has 2 aromatic carbocycles. The lowest BCUT2D eigenvalue weighted by atomic mass is 10.0. The van der Waals surface area contributed by atoms with E-state index in [9.17, 15) is 4.79 Å². The van der Waals surface area contributed by atoms with Crippen LogP contribution in [0.15, 0.2) is 64.3 Å². The Hall–Kier alpha value is -3.48. The summed E-state index contributed by atoms with van der Waals surface area (Å²) in [5, 5.41) is 8.02. The van der Waals surface area contributed by atoms with E-state index in [-0.39, 0.29) is 11.9 Å². The first kappa shape index (κ1) is 17.9. The molecule has 1 aliphatic rings. The van der Waals surface area contributed by atoms with Crippen molar-refractivity contribution < 1.29 is 14.2 Å². The van der Waals surface area contributed by atoms with Crippen LogP contribution in [0.1, 0.15) is 34.5 Å². The highest BCUT2D eigenvalue weighted by Crippen LogP contribution is 2.31. The van der Waals surface area contributed by atoms with Crippen molar-refractivity contribution >= 4 is 11.6 Å². The van der Waals surface area contributed by atoms with Crippen molar-refractivity contribution in [3.8, 4) is 11.1 Å². The molecule has 7 nitrogen and oxygen atoms in total. The standard InChI is InChI=1S/C21H20N4O3/c1-14-22-20(24-28-14)19-12-18(23-27-2)13-25(19)21(26)17-10-8-16(9-11-17)15-6-4-3-5-7-15/h3-11,19H,12-13H2,1-2H3. The molecule has 28 heavy (non-hydrogen) atoms. The Morgan fingerprint density at radius 3 is 2.50 bits per heavy atom. The van der Waals surface area contributed by atoms with Gasteiger partial charge in [-0.05, 0) is 23.3 Å². The van der Waals surface area contributed by atoms with Crippen molar-refractivity contribution in [3.05, 3.63) is 71.9 Å². The van der Waals surface area contributed by atoms with Gasteiger partial charge >= 0.3 is 0 Å². The molecule has 1 amide bonds. The normalized spacial score (nSPS) is 17.9. The van der Waals surface area contributed by atoms with Gasteiger partial charge in [-0.2, -0.15) is 4.98 Å². The first-order chi connectivity index (χ1) is 13.7. The molecule has 7 heteroatoms. The minimum absolute atomic E-state index is 0.103. The molecule has 1 unspecified atom stereocenters. The van der Waals surface area contributed by atoms with E-state index in [0.717, 1.165) is 16.8 Å². The Balaban J connectivity index is 1.60. The third-order valence-electron chi connectivity index (χ3n) is 4.72. The Kier molecular flexibility index (Phi) is 4.89. The molecule has 1 atom stereocenters. The molecule has 4 rings (SSSR count). The summed E-state index contributed by atoms with van der Waals surface area (Å²) in [5.41, 5.74) is 3.54. The maximum atomic E-state index is 13.2. The number of oxime groups is 1. The van der Waals surface area contributed by atoms with E-state index in [0.29, 0.717) is 30.2 Å². The second-order valence-corrected chi connectivity index (χ2v) is 6.61. The maximum absolute atomic E-state index is 13.2. The van der Waals surface area contributed by atoms with Gasteiger partial charge in [0.15, 0.2) is 5.82 Å². The molecule has 0 bridgehead atoms. The second kappa shape index (κ2) is 7.64. The SMILES string of the molecule is CON=C1CC(c2noc(C)n2)N(C(=O)c2ccc(-c3ccccc3)cc2)C1. The van der Waals surface area contributed by atoms with Gasteiger partial charge in [-0.1, -0.05) is 52.8 Å². The molecule has 0 N–H and O–H groups in total. The Morgan fingerprint density at radius 2 is 1.86 bits per heavy atom. The van der Waals surface area contributed by atoms with Gasteiger partial charge < -0.3 is 14.3 Å². The highest BCUT2D eigenvalue weighted by Gasteiger charge is 2.37. The smallest absolute Gasteiger partial charge is 0.254 e. The quantitative estimate of drug-likeness (QED) is 0.650. The lowest BCUT2D eigenvalue weighted by Crippen LogP contribution is -2.31. The average molecular weight is 376 g/mol. The number of aryl methyl sites for hydroxylation is 1. The number of hydrogen-bond acceptors (Lipinski definition) is 6. The van der Waals surface area contributed by atoms with E-state index < -0.39 is 0 Å². The molecule has 0 aliphatic carbocycles. The molecular formula is C21H20N4O3. The van der Waals surface area contributed by atoms with Crippen molar-refractivity contribution in [3.63, 3.8) is 0 Å². The third kappa shape index (κ3) is 3.51. The van der Waals surface area contributed by atoms with Crippen LogP contribution in [0.2, 0.25) is 0 Å². The minimum Gasteiger partial charge on any atom is -0.399 e. The van der Waals surface area contributed by atoms with Crippen LogP contribution in [0, 0.1) is 6.92 Å². The average Bonchev–Trinajstić information content (AvgIpc) is 3.35. The fourth-order valence-electron chi connectivity index (χ4n) is 3.40. The van der Waals surface area contributed by atoms with Gasteiger partial charge in [-0.25, -0.2) is 0 Å². The van der Waals surface area contributed by atoms with Crippen molar-refractivity contribution in [2.24, 2.45) is 5.16 Å². The molecule has 0 spiro atoms. The Bertz CT molecular complexity index is 996. The van der Waals surface area contributed by atoms with Crippen LogP contribution in [0.4, 0.5) is 0 Å². The predicted octanol–water partition coefficient (Wildman–Crippen LogP) is 3.63. The zero-order chi connectivity index (χ0) is 19.5. The van der Waals surface area contributed by atoms with Crippen LogP contribution >= 0.6 is 0 Å². The highest BCUT2D eigenvalue weighted by atomic mass is 16.6. The molecule has 2 heterocycles.